The van der Waals surface area contributed by atoms with Gasteiger partial charge in [0.2, 0.25) is 0 Å². The summed E-state index contributed by atoms with van der Waals surface area (Å²) in [6.07, 6.45) is -0.224. The quantitative estimate of drug-likeness (QED) is 0.740. The zero-order chi connectivity index (χ0) is 14.0. The number of halogens is 1. The Morgan fingerprint density at radius 1 is 1.32 bits per heavy atom. The fourth-order valence-electron chi connectivity index (χ4n) is 2.23. The van der Waals surface area contributed by atoms with Crippen molar-refractivity contribution in [2.75, 3.05) is 14.2 Å². The van der Waals surface area contributed by atoms with Crippen molar-refractivity contribution < 1.29 is 19.1 Å². The second kappa shape index (κ2) is 5.48. The van der Waals surface area contributed by atoms with Gasteiger partial charge in [0.15, 0.2) is 0 Å². The molecule has 0 N–H and O–H groups in total. The van der Waals surface area contributed by atoms with Gasteiger partial charge in [-0.3, -0.25) is 4.90 Å². The lowest BCUT2D eigenvalue weighted by Gasteiger charge is -2.34. The molecule has 2 rings (SSSR count). The Hall–Kier alpha value is -1.75. The summed E-state index contributed by atoms with van der Waals surface area (Å²) < 4.78 is 9.44. The summed E-state index contributed by atoms with van der Waals surface area (Å²) in [7, 11) is 2.57. The Bertz CT molecular complexity index is 517. The van der Waals surface area contributed by atoms with Crippen LogP contribution >= 0.6 is 11.6 Å². The van der Waals surface area contributed by atoms with Crippen molar-refractivity contribution in [1.29, 1.82) is 0 Å². The highest BCUT2D eigenvalue weighted by Gasteiger charge is 2.36. The lowest BCUT2D eigenvalue weighted by molar-refractivity contribution is -0.146. The number of hydrogen-bond donors (Lipinski definition) is 0. The van der Waals surface area contributed by atoms with Crippen molar-refractivity contribution in [3.63, 3.8) is 0 Å². The van der Waals surface area contributed by atoms with Gasteiger partial charge in [-0.15, -0.1) is 0 Å². The van der Waals surface area contributed by atoms with Crippen molar-refractivity contribution in [3.8, 4) is 0 Å². The molecule has 1 aliphatic rings. The van der Waals surface area contributed by atoms with Gasteiger partial charge in [-0.2, -0.15) is 0 Å². The van der Waals surface area contributed by atoms with E-state index in [-0.39, 0.29) is 6.54 Å². The fraction of sp³-hybridized carbons (Fsp3) is 0.385. The highest BCUT2D eigenvalue weighted by Crippen LogP contribution is 2.29. The van der Waals surface area contributed by atoms with E-state index < -0.39 is 18.1 Å². The molecule has 1 atom stereocenters. The number of methoxy groups -OCH3 is 2. The zero-order valence-corrected chi connectivity index (χ0v) is 11.4. The van der Waals surface area contributed by atoms with E-state index in [9.17, 15) is 9.59 Å². The predicted octanol–water partition coefficient (Wildman–Crippen LogP) is 2.01. The second-order valence-electron chi connectivity index (χ2n) is 4.22. The number of rotatable bonds is 1. The van der Waals surface area contributed by atoms with Crippen LogP contribution in [0.3, 0.4) is 0 Å². The molecule has 19 heavy (non-hydrogen) atoms. The molecule has 0 aliphatic carbocycles. The Morgan fingerprint density at radius 3 is 2.68 bits per heavy atom. The molecule has 0 spiro atoms. The van der Waals surface area contributed by atoms with Gasteiger partial charge in [-0.1, -0.05) is 23.7 Å². The van der Waals surface area contributed by atoms with E-state index in [4.69, 9.17) is 21.1 Å². The van der Waals surface area contributed by atoms with Gasteiger partial charge in [0.1, 0.15) is 6.04 Å². The predicted molar refractivity (Wildman–Crippen MR) is 68.9 cm³/mol. The van der Waals surface area contributed by atoms with Crippen LogP contribution in [0.4, 0.5) is 4.79 Å². The molecule has 1 amide bonds. The maximum atomic E-state index is 11.8. The summed E-state index contributed by atoms with van der Waals surface area (Å²) in [4.78, 5) is 24.9. The van der Waals surface area contributed by atoms with E-state index in [0.29, 0.717) is 11.4 Å². The maximum absolute atomic E-state index is 11.8. The molecule has 1 aromatic rings. The van der Waals surface area contributed by atoms with Crippen LogP contribution < -0.4 is 0 Å². The number of nitrogens with zero attached hydrogens (tertiary/aromatic N) is 1. The topological polar surface area (TPSA) is 55.8 Å². The van der Waals surface area contributed by atoms with Crippen LogP contribution in [-0.4, -0.2) is 37.2 Å². The Morgan fingerprint density at radius 2 is 2.05 bits per heavy atom. The summed E-state index contributed by atoms with van der Waals surface area (Å²) in [5.74, 6) is -0.476. The second-order valence-corrected chi connectivity index (χ2v) is 4.63. The van der Waals surface area contributed by atoms with E-state index >= 15 is 0 Å². The van der Waals surface area contributed by atoms with Crippen molar-refractivity contribution in [2.24, 2.45) is 0 Å². The maximum Gasteiger partial charge on any atom is 0.410 e. The fourth-order valence-corrected chi connectivity index (χ4v) is 2.50. The number of amides is 1. The van der Waals surface area contributed by atoms with Crippen molar-refractivity contribution in [1.82, 2.24) is 4.90 Å². The van der Waals surface area contributed by atoms with Crippen molar-refractivity contribution in [3.05, 3.63) is 34.3 Å². The third-order valence-corrected chi connectivity index (χ3v) is 3.57. The highest BCUT2D eigenvalue weighted by molar-refractivity contribution is 6.31. The zero-order valence-electron chi connectivity index (χ0n) is 10.7. The minimum atomic E-state index is -0.704. The number of carbonyl (C=O) groups is 2. The Balaban J connectivity index is 2.39. The first-order valence-corrected chi connectivity index (χ1v) is 6.15. The number of esters is 1. The molecule has 0 aromatic heterocycles. The third-order valence-electron chi connectivity index (χ3n) is 3.21. The van der Waals surface area contributed by atoms with Gasteiger partial charge in [0.05, 0.1) is 20.8 Å². The van der Waals surface area contributed by atoms with Gasteiger partial charge in [-0.25, -0.2) is 9.59 Å². The van der Waals surface area contributed by atoms with E-state index in [1.807, 2.05) is 12.1 Å². The molecule has 1 aromatic carbocycles. The molecule has 0 saturated carbocycles. The third kappa shape index (κ3) is 2.51. The molecule has 6 heteroatoms. The van der Waals surface area contributed by atoms with Gasteiger partial charge < -0.3 is 9.47 Å². The molecule has 0 fully saturated rings. The Labute approximate surface area is 116 Å². The van der Waals surface area contributed by atoms with Crippen LogP contribution in [-0.2, 0) is 27.2 Å². The van der Waals surface area contributed by atoms with E-state index in [2.05, 4.69) is 0 Å². The minimum Gasteiger partial charge on any atom is -0.467 e. The number of benzene rings is 1. The summed E-state index contributed by atoms with van der Waals surface area (Å²) in [6.45, 7) is 0.280. The van der Waals surface area contributed by atoms with E-state index in [1.54, 1.807) is 6.07 Å². The first-order valence-electron chi connectivity index (χ1n) is 5.77. The molecule has 0 radical (unpaired) electrons. The number of hydrogen-bond acceptors (Lipinski definition) is 4. The standard InChI is InChI=1S/C13H14ClNO4/c1-18-12(16)11-6-9-8(4-3-5-10(9)14)7-15(11)13(17)19-2/h3-5,11H,6-7H2,1-2H3/t11-/m1/s1. The molecule has 5 nitrogen and oxygen atoms in total. The molecule has 0 bridgehead atoms. The van der Waals surface area contributed by atoms with Gasteiger partial charge in [-0.05, 0) is 17.2 Å². The highest BCUT2D eigenvalue weighted by atomic mass is 35.5. The van der Waals surface area contributed by atoms with Crippen LogP contribution in [0.1, 0.15) is 11.1 Å². The summed E-state index contributed by atoms with van der Waals surface area (Å²) in [5, 5.41) is 0.593. The van der Waals surface area contributed by atoms with Gasteiger partial charge in [0.25, 0.3) is 0 Å². The summed E-state index contributed by atoms with van der Waals surface area (Å²) in [5.41, 5.74) is 1.79. The average Bonchev–Trinajstić information content (AvgIpc) is 2.44. The van der Waals surface area contributed by atoms with E-state index in [1.165, 1.54) is 19.1 Å². The molecule has 0 unspecified atom stereocenters. The molecule has 102 valence electrons. The Kier molecular flexibility index (Phi) is 3.95. The van der Waals surface area contributed by atoms with Crippen LogP contribution in [0, 0.1) is 0 Å². The van der Waals surface area contributed by atoms with Crippen LogP contribution in [0.5, 0.6) is 0 Å². The first-order chi connectivity index (χ1) is 9.08. The molecule has 1 aliphatic heterocycles. The smallest absolute Gasteiger partial charge is 0.410 e. The monoisotopic (exact) mass is 283 g/mol. The van der Waals surface area contributed by atoms with Crippen LogP contribution in [0.15, 0.2) is 18.2 Å². The van der Waals surface area contributed by atoms with Crippen LogP contribution in [0.2, 0.25) is 5.02 Å². The van der Waals surface area contributed by atoms with E-state index in [0.717, 1.165) is 11.1 Å². The molecule has 0 saturated heterocycles. The SMILES string of the molecule is COC(=O)[C@H]1Cc2c(Cl)cccc2CN1C(=O)OC. The minimum absolute atomic E-state index is 0.280. The lowest BCUT2D eigenvalue weighted by atomic mass is 9.94. The summed E-state index contributed by atoms with van der Waals surface area (Å²) >= 11 is 6.13. The first kappa shape index (κ1) is 13.7. The normalized spacial score (nSPS) is 17.6. The molecule has 1 heterocycles. The van der Waals surface area contributed by atoms with Crippen molar-refractivity contribution >= 4 is 23.7 Å². The molecular formula is C13H14ClNO4. The van der Waals surface area contributed by atoms with Gasteiger partial charge in [0, 0.05) is 11.4 Å². The number of carbonyl (C=O) groups excluding carboxylic acids is 2. The van der Waals surface area contributed by atoms with Gasteiger partial charge >= 0.3 is 12.1 Å². The lowest BCUT2D eigenvalue weighted by Crippen LogP contribution is -2.49. The largest absolute Gasteiger partial charge is 0.467 e. The summed E-state index contributed by atoms with van der Waals surface area (Å²) in [6, 6.07) is 4.76. The van der Waals surface area contributed by atoms with Crippen molar-refractivity contribution in [2.45, 2.75) is 19.0 Å². The van der Waals surface area contributed by atoms with Crippen LogP contribution in [0.25, 0.3) is 0 Å². The average molecular weight is 284 g/mol. The number of ether oxygens (including phenoxy) is 2. The number of fused-ring (bicyclic) bond motifs is 1. The molecular weight excluding hydrogens is 270 g/mol.